The van der Waals surface area contributed by atoms with Crippen LogP contribution in [0.25, 0.3) is 0 Å². The Hall–Kier alpha value is -0.0900. The topological polar surface area (TPSA) is 54.4 Å². The molecule has 3 nitrogen and oxygen atoms in total. The highest BCUT2D eigenvalue weighted by Gasteiger charge is 2.58. The van der Waals surface area contributed by atoms with E-state index < -0.39 is 14.6 Å². The molecule has 2 aliphatic rings. The maximum absolute atomic E-state index is 11.9. The zero-order valence-electron chi connectivity index (χ0n) is 7.86. The second kappa shape index (κ2) is 2.70. The largest absolute Gasteiger partial charge is 0.395 e. The summed E-state index contributed by atoms with van der Waals surface area (Å²) >= 11 is 0. The third kappa shape index (κ3) is 1.22. The van der Waals surface area contributed by atoms with Crippen LogP contribution in [-0.4, -0.2) is 30.1 Å². The molecule has 0 saturated heterocycles. The minimum absolute atomic E-state index is 0.155. The average Bonchev–Trinajstić information content (AvgIpc) is 2.78. The Morgan fingerprint density at radius 3 is 2.23 bits per heavy atom. The minimum Gasteiger partial charge on any atom is -0.395 e. The molecular weight excluding hydrogens is 188 g/mol. The zero-order chi connectivity index (χ0) is 9.69. The van der Waals surface area contributed by atoms with E-state index in [0.29, 0.717) is 18.8 Å². The molecule has 0 aliphatic heterocycles. The molecule has 0 heterocycles. The third-order valence-corrected chi connectivity index (χ3v) is 6.48. The smallest absolute Gasteiger partial charge is 0.161 e. The number of sulfone groups is 1. The van der Waals surface area contributed by atoms with Crippen LogP contribution in [-0.2, 0) is 9.84 Å². The van der Waals surface area contributed by atoms with E-state index in [1.807, 2.05) is 0 Å². The van der Waals surface area contributed by atoms with Crippen molar-refractivity contribution in [2.45, 2.75) is 42.6 Å². The molecule has 0 spiro atoms. The summed E-state index contributed by atoms with van der Waals surface area (Å²) in [6.45, 7) is 1.89. The molecule has 76 valence electrons. The van der Waals surface area contributed by atoms with Crippen molar-refractivity contribution in [1.82, 2.24) is 0 Å². The van der Waals surface area contributed by atoms with Gasteiger partial charge in [-0.05, 0) is 31.6 Å². The Bertz CT molecular complexity index is 297. The molecular formula is C9H16O3S. The zero-order valence-corrected chi connectivity index (χ0v) is 8.68. The molecule has 0 bridgehead atoms. The molecule has 2 rings (SSSR count). The van der Waals surface area contributed by atoms with E-state index in [1.54, 1.807) is 0 Å². The van der Waals surface area contributed by atoms with Crippen molar-refractivity contribution < 1.29 is 13.5 Å². The lowest BCUT2D eigenvalue weighted by atomic mass is 9.87. The Morgan fingerprint density at radius 2 is 1.92 bits per heavy atom. The van der Waals surface area contributed by atoms with Crippen LogP contribution in [0.4, 0.5) is 0 Å². The highest BCUT2D eigenvalue weighted by molar-refractivity contribution is 7.93. The van der Waals surface area contributed by atoms with Crippen molar-refractivity contribution in [2.24, 2.45) is 5.92 Å². The third-order valence-electron chi connectivity index (χ3n) is 3.47. The molecule has 2 saturated carbocycles. The van der Waals surface area contributed by atoms with E-state index in [4.69, 9.17) is 5.11 Å². The average molecular weight is 204 g/mol. The summed E-state index contributed by atoms with van der Waals surface area (Å²) in [5, 5.41) is 8.89. The Kier molecular flexibility index (Phi) is 1.97. The molecule has 4 heteroatoms. The summed E-state index contributed by atoms with van der Waals surface area (Å²) in [4.78, 5) is 0. The number of hydrogen-bond donors (Lipinski definition) is 1. The molecule has 0 aromatic carbocycles. The van der Waals surface area contributed by atoms with Crippen LogP contribution < -0.4 is 0 Å². The van der Waals surface area contributed by atoms with Crippen molar-refractivity contribution in [2.75, 3.05) is 6.61 Å². The minimum atomic E-state index is -3.02. The van der Waals surface area contributed by atoms with Gasteiger partial charge in [0.1, 0.15) is 0 Å². The van der Waals surface area contributed by atoms with Crippen LogP contribution in [0.1, 0.15) is 32.6 Å². The van der Waals surface area contributed by atoms with E-state index in [9.17, 15) is 8.42 Å². The lowest BCUT2D eigenvalue weighted by Crippen LogP contribution is -2.43. The second-order valence-corrected chi connectivity index (χ2v) is 7.21. The normalized spacial score (nSPS) is 36.8. The second-order valence-electron chi connectivity index (χ2n) is 4.58. The predicted octanol–water partition coefficient (Wildman–Crippen LogP) is 0.725. The molecule has 0 aromatic rings. The van der Waals surface area contributed by atoms with Gasteiger partial charge in [-0.1, -0.05) is 6.92 Å². The highest BCUT2D eigenvalue weighted by atomic mass is 32.2. The van der Waals surface area contributed by atoms with Crippen molar-refractivity contribution in [1.29, 1.82) is 0 Å². The fourth-order valence-corrected chi connectivity index (χ4v) is 4.83. The molecule has 2 aliphatic carbocycles. The van der Waals surface area contributed by atoms with E-state index >= 15 is 0 Å². The molecule has 0 unspecified atom stereocenters. The first-order chi connectivity index (χ1) is 6.02. The van der Waals surface area contributed by atoms with Crippen LogP contribution in [0, 0.1) is 5.92 Å². The number of aliphatic hydroxyl groups is 1. The highest BCUT2D eigenvalue weighted by Crippen LogP contribution is 2.49. The summed E-state index contributed by atoms with van der Waals surface area (Å²) in [7, 11) is -3.02. The van der Waals surface area contributed by atoms with Crippen molar-refractivity contribution in [3.05, 3.63) is 0 Å². The van der Waals surface area contributed by atoms with Gasteiger partial charge in [-0.2, -0.15) is 0 Å². The first kappa shape index (κ1) is 9.46. The van der Waals surface area contributed by atoms with E-state index in [1.165, 1.54) is 0 Å². The number of hydrogen-bond acceptors (Lipinski definition) is 3. The Morgan fingerprint density at radius 1 is 1.38 bits per heavy atom. The van der Waals surface area contributed by atoms with Gasteiger partial charge in [0.2, 0.25) is 0 Å². The van der Waals surface area contributed by atoms with E-state index in [-0.39, 0.29) is 11.9 Å². The van der Waals surface area contributed by atoms with Gasteiger partial charge in [0, 0.05) is 0 Å². The monoisotopic (exact) mass is 204 g/mol. The molecule has 13 heavy (non-hydrogen) atoms. The first-order valence-corrected chi connectivity index (χ1v) is 6.41. The SMILES string of the molecule is C[C@H]1C[C@@H](S(=O)(=O)C2(CO)CC2)C1. The number of rotatable bonds is 3. The van der Waals surface area contributed by atoms with Gasteiger partial charge in [-0.25, -0.2) is 8.42 Å². The molecule has 0 aromatic heterocycles. The summed E-state index contributed by atoms with van der Waals surface area (Å²) < 4.78 is 23.1. The molecule has 0 amide bonds. The van der Waals surface area contributed by atoms with Gasteiger partial charge < -0.3 is 5.11 Å². The maximum atomic E-state index is 11.9. The predicted molar refractivity (Wildman–Crippen MR) is 50.2 cm³/mol. The van der Waals surface area contributed by atoms with E-state index in [2.05, 4.69) is 6.92 Å². The van der Waals surface area contributed by atoms with Gasteiger partial charge in [0.05, 0.1) is 16.6 Å². The maximum Gasteiger partial charge on any atom is 0.161 e. The van der Waals surface area contributed by atoms with Crippen LogP contribution in [0.5, 0.6) is 0 Å². The van der Waals surface area contributed by atoms with E-state index in [0.717, 1.165) is 12.8 Å². The summed E-state index contributed by atoms with van der Waals surface area (Å²) in [6, 6.07) is 0. The van der Waals surface area contributed by atoms with Crippen LogP contribution in [0.3, 0.4) is 0 Å². The van der Waals surface area contributed by atoms with Crippen LogP contribution in [0.15, 0.2) is 0 Å². The van der Waals surface area contributed by atoms with Gasteiger partial charge in [0.25, 0.3) is 0 Å². The Balaban J connectivity index is 2.13. The van der Waals surface area contributed by atoms with Crippen molar-refractivity contribution in [3.63, 3.8) is 0 Å². The van der Waals surface area contributed by atoms with Gasteiger partial charge >= 0.3 is 0 Å². The van der Waals surface area contributed by atoms with Crippen molar-refractivity contribution in [3.8, 4) is 0 Å². The summed E-state index contributed by atoms with van der Waals surface area (Å²) in [5.41, 5.74) is 0. The lowest BCUT2D eigenvalue weighted by Gasteiger charge is -2.34. The number of aliphatic hydroxyl groups excluding tert-OH is 1. The molecule has 2 fully saturated rings. The van der Waals surface area contributed by atoms with Gasteiger partial charge in [0.15, 0.2) is 9.84 Å². The lowest BCUT2D eigenvalue weighted by molar-refractivity contribution is 0.276. The summed E-state index contributed by atoms with van der Waals surface area (Å²) in [5.74, 6) is 0.550. The molecule has 0 radical (unpaired) electrons. The fourth-order valence-electron chi connectivity index (χ4n) is 2.11. The van der Waals surface area contributed by atoms with Gasteiger partial charge in [-0.3, -0.25) is 0 Å². The van der Waals surface area contributed by atoms with Crippen LogP contribution in [0.2, 0.25) is 0 Å². The Labute approximate surface area is 79.1 Å². The van der Waals surface area contributed by atoms with Crippen LogP contribution >= 0.6 is 0 Å². The van der Waals surface area contributed by atoms with Gasteiger partial charge in [-0.15, -0.1) is 0 Å². The first-order valence-electron chi connectivity index (χ1n) is 4.86. The molecule has 1 N–H and O–H groups in total. The summed E-state index contributed by atoms with van der Waals surface area (Å²) in [6.07, 6.45) is 2.92. The van der Waals surface area contributed by atoms with Crippen molar-refractivity contribution >= 4 is 9.84 Å². The standard InChI is InChI=1S/C9H16O3S/c1-7-4-8(5-7)13(11,12)9(6-10)2-3-9/h7-8,10H,2-6H2,1H3/t7-,8+. The fraction of sp³-hybridized carbons (Fsp3) is 1.00. The molecule has 0 atom stereocenters. The quantitative estimate of drug-likeness (QED) is 0.737.